The third-order valence-electron chi connectivity index (χ3n) is 5.09. The Balaban J connectivity index is 2.24. The molecular weight excluding hydrogens is 338 g/mol. The fourth-order valence-corrected chi connectivity index (χ4v) is 3.84. The van der Waals surface area contributed by atoms with Crippen molar-refractivity contribution in [2.24, 2.45) is 0 Å². The van der Waals surface area contributed by atoms with Crippen molar-refractivity contribution in [1.82, 2.24) is 4.98 Å². The summed E-state index contributed by atoms with van der Waals surface area (Å²) in [6.07, 6.45) is 1.92. The molecule has 0 amide bonds. The maximum Gasteiger partial charge on any atom is 0.336 e. The van der Waals surface area contributed by atoms with Crippen molar-refractivity contribution in [3.8, 4) is 11.6 Å². The Hall–Kier alpha value is -2.62. The van der Waals surface area contributed by atoms with Crippen molar-refractivity contribution in [3.63, 3.8) is 0 Å². The van der Waals surface area contributed by atoms with E-state index in [4.69, 9.17) is 9.15 Å². The second-order valence-corrected chi connectivity index (χ2v) is 7.31. The van der Waals surface area contributed by atoms with Gasteiger partial charge in [0.1, 0.15) is 5.75 Å². The van der Waals surface area contributed by atoms with E-state index in [0.29, 0.717) is 17.4 Å². The zero-order valence-electron chi connectivity index (χ0n) is 17.0. The van der Waals surface area contributed by atoms with E-state index >= 15 is 0 Å². The van der Waals surface area contributed by atoms with Crippen LogP contribution in [-0.4, -0.2) is 4.98 Å². The van der Waals surface area contributed by atoms with E-state index in [1.165, 1.54) is 5.56 Å². The normalized spacial score (nSPS) is 11.4. The van der Waals surface area contributed by atoms with Gasteiger partial charge in [0.15, 0.2) is 0 Å². The summed E-state index contributed by atoms with van der Waals surface area (Å²) in [4.78, 5) is 16.8. The van der Waals surface area contributed by atoms with Crippen LogP contribution in [-0.2, 0) is 0 Å². The molecule has 0 fully saturated rings. The van der Waals surface area contributed by atoms with Gasteiger partial charge in [-0.2, -0.15) is 0 Å². The number of fused-ring (bicyclic) bond motifs is 1. The highest BCUT2D eigenvalue weighted by molar-refractivity contribution is 5.85. The van der Waals surface area contributed by atoms with Gasteiger partial charge in [0.05, 0.1) is 0 Å². The van der Waals surface area contributed by atoms with Crippen LogP contribution in [0.3, 0.4) is 0 Å². The lowest BCUT2D eigenvalue weighted by Gasteiger charge is -2.17. The second kappa shape index (κ2) is 7.55. The van der Waals surface area contributed by atoms with E-state index in [-0.39, 0.29) is 5.63 Å². The minimum atomic E-state index is -0.364. The molecule has 0 saturated heterocycles. The first-order valence-electron chi connectivity index (χ1n) is 9.55. The Kier molecular flexibility index (Phi) is 5.36. The second-order valence-electron chi connectivity index (χ2n) is 7.31. The number of ether oxygens (including phenoxy) is 1. The van der Waals surface area contributed by atoms with Crippen molar-refractivity contribution in [2.45, 2.75) is 60.3 Å². The van der Waals surface area contributed by atoms with E-state index in [1.807, 2.05) is 26.8 Å². The SMILES string of the molecule is CCC(CC)c1cc(=O)oc2c(Oc3c(C)cc(C)cc3C)nc(C)cc12. The predicted octanol–water partition coefficient (Wildman–Crippen LogP) is 6.12. The summed E-state index contributed by atoms with van der Waals surface area (Å²) in [5, 5.41) is 0.910. The van der Waals surface area contributed by atoms with Crippen LogP contribution in [0.15, 0.2) is 33.5 Å². The number of hydrogen-bond acceptors (Lipinski definition) is 4. The summed E-state index contributed by atoms with van der Waals surface area (Å²) in [7, 11) is 0. The largest absolute Gasteiger partial charge is 0.435 e. The first-order chi connectivity index (χ1) is 12.8. The Morgan fingerprint density at radius 3 is 2.22 bits per heavy atom. The molecule has 0 bridgehead atoms. The molecule has 0 aliphatic rings. The van der Waals surface area contributed by atoms with Gasteiger partial charge in [0, 0.05) is 17.1 Å². The highest BCUT2D eigenvalue weighted by Gasteiger charge is 2.19. The predicted molar refractivity (Wildman–Crippen MR) is 109 cm³/mol. The van der Waals surface area contributed by atoms with Gasteiger partial charge in [-0.1, -0.05) is 31.5 Å². The van der Waals surface area contributed by atoms with Crippen molar-refractivity contribution >= 4 is 11.0 Å². The van der Waals surface area contributed by atoms with Gasteiger partial charge in [-0.3, -0.25) is 0 Å². The molecule has 4 nitrogen and oxygen atoms in total. The first kappa shape index (κ1) is 19.2. The van der Waals surface area contributed by atoms with Crippen molar-refractivity contribution in [3.05, 3.63) is 62.6 Å². The van der Waals surface area contributed by atoms with Crippen LogP contribution >= 0.6 is 0 Å². The third kappa shape index (κ3) is 3.75. The molecule has 4 heteroatoms. The Labute approximate surface area is 160 Å². The van der Waals surface area contributed by atoms with Crippen LogP contribution in [0.2, 0.25) is 0 Å². The van der Waals surface area contributed by atoms with Crippen LogP contribution in [0.25, 0.3) is 11.0 Å². The van der Waals surface area contributed by atoms with Gasteiger partial charge < -0.3 is 9.15 Å². The van der Waals surface area contributed by atoms with Gasteiger partial charge in [0.25, 0.3) is 5.88 Å². The highest BCUT2D eigenvalue weighted by atomic mass is 16.5. The first-order valence-corrected chi connectivity index (χ1v) is 9.55. The minimum Gasteiger partial charge on any atom is -0.435 e. The lowest BCUT2D eigenvalue weighted by molar-refractivity contribution is 0.439. The molecule has 3 rings (SSSR count). The Morgan fingerprint density at radius 1 is 1.00 bits per heavy atom. The molecule has 27 heavy (non-hydrogen) atoms. The molecule has 0 aliphatic heterocycles. The summed E-state index contributed by atoms with van der Waals surface area (Å²) in [6.45, 7) is 12.3. The number of benzene rings is 1. The number of rotatable bonds is 5. The van der Waals surface area contributed by atoms with Gasteiger partial charge in [-0.05, 0) is 69.2 Å². The maximum absolute atomic E-state index is 12.3. The molecule has 0 saturated carbocycles. The van der Waals surface area contributed by atoms with Crippen molar-refractivity contribution < 1.29 is 9.15 Å². The average Bonchev–Trinajstić information content (AvgIpc) is 2.59. The molecule has 142 valence electrons. The number of pyridine rings is 1. The summed E-state index contributed by atoms with van der Waals surface area (Å²) in [5.41, 5.74) is 5.15. The molecule has 3 aromatic rings. The summed E-state index contributed by atoms with van der Waals surface area (Å²) in [6, 6.07) is 7.75. The monoisotopic (exact) mass is 365 g/mol. The van der Waals surface area contributed by atoms with Gasteiger partial charge in [0.2, 0.25) is 5.58 Å². The minimum absolute atomic E-state index is 0.300. The van der Waals surface area contributed by atoms with Gasteiger partial charge >= 0.3 is 5.63 Å². The fraction of sp³-hybridized carbons (Fsp3) is 0.391. The lowest BCUT2D eigenvalue weighted by atomic mass is 9.92. The third-order valence-corrected chi connectivity index (χ3v) is 5.09. The summed E-state index contributed by atoms with van der Waals surface area (Å²) in [5.74, 6) is 1.41. The van der Waals surface area contributed by atoms with E-state index in [0.717, 1.165) is 46.4 Å². The van der Waals surface area contributed by atoms with Crippen LogP contribution in [0.5, 0.6) is 11.6 Å². The molecular formula is C23H27NO3. The molecule has 0 unspecified atom stereocenters. The zero-order valence-corrected chi connectivity index (χ0v) is 17.0. The molecule has 0 radical (unpaired) electrons. The molecule has 1 aromatic carbocycles. The fourth-order valence-electron chi connectivity index (χ4n) is 3.84. The lowest BCUT2D eigenvalue weighted by Crippen LogP contribution is -2.07. The van der Waals surface area contributed by atoms with Crippen molar-refractivity contribution in [1.29, 1.82) is 0 Å². The van der Waals surface area contributed by atoms with Crippen molar-refractivity contribution in [2.75, 3.05) is 0 Å². The van der Waals surface area contributed by atoms with E-state index in [9.17, 15) is 4.79 Å². The summed E-state index contributed by atoms with van der Waals surface area (Å²) >= 11 is 0. The number of nitrogens with zero attached hydrogens (tertiary/aromatic N) is 1. The Morgan fingerprint density at radius 2 is 1.63 bits per heavy atom. The molecule has 0 atom stereocenters. The van der Waals surface area contributed by atoms with Crippen LogP contribution in [0.1, 0.15) is 60.6 Å². The van der Waals surface area contributed by atoms with Gasteiger partial charge in [-0.15, -0.1) is 0 Å². The number of aryl methyl sites for hydroxylation is 4. The van der Waals surface area contributed by atoms with Crippen LogP contribution in [0.4, 0.5) is 0 Å². The average molecular weight is 365 g/mol. The smallest absolute Gasteiger partial charge is 0.336 e. The zero-order chi connectivity index (χ0) is 19.7. The van der Waals surface area contributed by atoms with E-state index < -0.39 is 0 Å². The molecule has 0 spiro atoms. The van der Waals surface area contributed by atoms with Crippen LogP contribution in [0, 0.1) is 27.7 Å². The highest BCUT2D eigenvalue weighted by Crippen LogP contribution is 2.36. The number of aromatic nitrogens is 1. The van der Waals surface area contributed by atoms with Crippen LogP contribution < -0.4 is 10.4 Å². The maximum atomic E-state index is 12.3. The van der Waals surface area contributed by atoms with Gasteiger partial charge in [-0.25, -0.2) is 9.78 Å². The van der Waals surface area contributed by atoms with E-state index in [1.54, 1.807) is 6.07 Å². The van der Waals surface area contributed by atoms with E-state index in [2.05, 4.69) is 37.9 Å². The molecule has 2 heterocycles. The standard InChI is InChI=1S/C23H27NO3/c1-7-17(8-2)18-12-20(25)26-22-19(18)11-16(6)24-23(22)27-21-14(4)9-13(3)10-15(21)5/h9-12,17H,7-8H2,1-6H3. The topological polar surface area (TPSA) is 52.3 Å². The number of hydrogen-bond donors (Lipinski definition) is 0. The summed E-state index contributed by atoms with van der Waals surface area (Å²) < 4.78 is 11.8. The Bertz CT molecular complexity index is 1020. The molecule has 0 N–H and O–H groups in total. The molecule has 0 aliphatic carbocycles. The quantitative estimate of drug-likeness (QED) is 0.547. The molecule has 2 aromatic heterocycles.